The lowest BCUT2D eigenvalue weighted by Gasteiger charge is -2.06. The summed E-state index contributed by atoms with van der Waals surface area (Å²) in [4.78, 5) is 16.3. The molecule has 1 aromatic heterocycles. The van der Waals surface area contributed by atoms with Crippen molar-refractivity contribution in [2.45, 2.75) is 13.0 Å². The molecule has 1 amide bonds. The molecule has 3 aromatic rings. The van der Waals surface area contributed by atoms with Crippen LogP contribution >= 0.6 is 0 Å². The van der Waals surface area contributed by atoms with E-state index in [2.05, 4.69) is 10.3 Å². The minimum atomic E-state index is -0.0671. The number of carbonyl (C=O) groups is 1. The number of amides is 1. The molecule has 22 heavy (non-hydrogen) atoms. The first kappa shape index (κ1) is 13.8. The molecule has 0 unspecified atom stereocenters. The highest BCUT2D eigenvalue weighted by Gasteiger charge is 2.06. The molecule has 0 aliphatic carbocycles. The number of anilines is 1. The van der Waals surface area contributed by atoms with E-state index in [1.165, 1.54) is 0 Å². The van der Waals surface area contributed by atoms with Gasteiger partial charge in [0.15, 0.2) is 0 Å². The van der Waals surface area contributed by atoms with Gasteiger partial charge in [0, 0.05) is 18.7 Å². The molecule has 5 nitrogen and oxygen atoms in total. The predicted molar refractivity (Wildman–Crippen MR) is 84.1 cm³/mol. The number of carbonyl (C=O) groups excluding carboxylic acids is 1. The topological polar surface area (TPSA) is 70.7 Å². The maximum atomic E-state index is 12.0. The zero-order valence-corrected chi connectivity index (χ0v) is 11.9. The van der Waals surface area contributed by atoms with Crippen molar-refractivity contribution in [1.82, 2.24) is 9.55 Å². The van der Waals surface area contributed by atoms with Gasteiger partial charge < -0.3 is 9.88 Å². The number of hydrogen-bond acceptors (Lipinski definition) is 3. The zero-order chi connectivity index (χ0) is 15.4. The summed E-state index contributed by atoms with van der Waals surface area (Å²) in [5.41, 5.74) is 3.21. The van der Waals surface area contributed by atoms with Gasteiger partial charge >= 0.3 is 0 Å². The second kappa shape index (κ2) is 6.10. The Kier molecular flexibility index (Phi) is 3.84. The average Bonchev–Trinajstić information content (AvgIpc) is 2.97. The van der Waals surface area contributed by atoms with Crippen LogP contribution in [0.25, 0.3) is 11.0 Å². The van der Waals surface area contributed by atoms with Crippen LogP contribution in [0.5, 0.6) is 0 Å². The summed E-state index contributed by atoms with van der Waals surface area (Å²) in [6.07, 6.45) is 2.11. The van der Waals surface area contributed by atoms with Crippen LogP contribution in [0.4, 0.5) is 5.69 Å². The van der Waals surface area contributed by atoms with E-state index in [4.69, 9.17) is 5.26 Å². The van der Waals surface area contributed by atoms with Gasteiger partial charge in [0.2, 0.25) is 5.91 Å². The van der Waals surface area contributed by atoms with E-state index >= 15 is 0 Å². The molecule has 0 radical (unpaired) electrons. The van der Waals surface area contributed by atoms with Crippen molar-refractivity contribution in [3.8, 4) is 6.07 Å². The molecule has 0 saturated heterocycles. The van der Waals surface area contributed by atoms with Gasteiger partial charge in [-0.25, -0.2) is 4.98 Å². The van der Waals surface area contributed by atoms with Gasteiger partial charge in [-0.05, 0) is 36.4 Å². The minimum Gasteiger partial charge on any atom is -0.330 e. The third-order valence-corrected chi connectivity index (χ3v) is 3.40. The molecule has 0 spiro atoms. The number of aromatic nitrogens is 2. The van der Waals surface area contributed by atoms with E-state index in [9.17, 15) is 4.79 Å². The number of fused-ring (bicyclic) bond motifs is 1. The first-order valence-electron chi connectivity index (χ1n) is 6.96. The van der Waals surface area contributed by atoms with Crippen molar-refractivity contribution in [1.29, 1.82) is 5.26 Å². The Balaban J connectivity index is 1.61. The maximum absolute atomic E-state index is 12.0. The lowest BCUT2D eigenvalue weighted by Crippen LogP contribution is -2.14. The fourth-order valence-electron chi connectivity index (χ4n) is 2.26. The minimum absolute atomic E-state index is 0.0671. The Morgan fingerprint density at radius 3 is 2.73 bits per heavy atom. The van der Waals surface area contributed by atoms with E-state index in [0.717, 1.165) is 11.0 Å². The number of imidazole rings is 1. The normalized spacial score (nSPS) is 10.3. The number of aryl methyl sites for hydroxylation is 1. The third-order valence-electron chi connectivity index (χ3n) is 3.40. The Labute approximate surface area is 127 Å². The smallest absolute Gasteiger partial charge is 0.226 e. The predicted octanol–water partition coefficient (Wildman–Crippen LogP) is 2.94. The van der Waals surface area contributed by atoms with Crippen molar-refractivity contribution in [2.24, 2.45) is 0 Å². The van der Waals surface area contributed by atoms with Crippen LogP contribution in [0.15, 0.2) is 54.9 Å². The third kappa shape index (κ3) is 2.96. The lowest BCUT2D eigenvalue weighted by atomic mass is 10.2. The second-order valence-electron chi connectivity index (χ2n) is 4.91. The van der Waals surface area contributed by atoms with Crippen LogP contribution < -0.4 is 5.32 Å². The van der Waals surface area contributed by atoms with Gasteiger partial charge in [0.25, 0.3) is 0 Å². The van der Waals surface area contributed by atoms with Gasteiger partial charge in [-0.2, -0.15) is 5.26 Å². The molecule has 0 aliphatic heterocycles. The summed E-state index contributed by atoms with van der Waals surface area (Å²) in [6.45, 7) is 0.572. The van der Waals surface area contributed by atoms with Crippen LogP contribution in [-0.4, -0.2) is 15.5 Å². The van der Waals surface area contributed by atoms with Crippen LogP contribution in [0.1, 0.15) is 12.0 Å². The molecule has 1 heterocycles. The number of nitrogens with one attached hydrogen (secondary N) is 1. The summed E-state index contributed by atoms with van der Waals surface area (Å²) in [7, 11) is 0. The van der Waals surface area contributed by atoms with Gasteiger partial charge in [0.05, 0.1) is 29.0 Å². The van der Waals surface area contributed by atoms with Gasteiger partial charge in [-0.3, -0.25) is 4.79 Å². The van der Waals surface area contributed by atoms with Crippen molar-refractivity contribution >= 4 is 22.6 Å². The maximum Gasteiger partial charge on any atom is 0.226 e. The van der Waals surface area contributed by atoms with E-state index in [-0.39, 0.29) is 5.91 Å². The van der Waals surface area contributed by atoms with E-state index in [1.807, 2.05) is 34.9 Å². The molecule has 3 rings (SSSR count). The summed E-state index contributed by atoms with van der Waals surface area (Å²) in [6, 6.07) is 16.7. The number of benzene rings is 2. The van der Waals surface area contributed by atoms with Crippen molar-refractivity contribution < 1.29 is 4.79 Å². The Morgan fingerprint density at radius 1 is 1.18 bits per heavy atom. The molecule has 0 saturated carbocycles. The molecule has 5 heteroatoms. The Bertz CT molecular complexity index is 843. The first-order valence-corrected chi connectivity index (χ1v) is 6.96. The Morgan fingerprint density at radius 2 is 1.95 bits per heavy atom. The molecule has 0 aliphatic rings. The standard InChI is InChI=1S/C17H14N4O/c18-11-13-5-7-14(8-6-13)20-17(22)9-10-21-12-19-15-3-1-2-4-16(15)21/h1-8,12H,9-10H2,(H,20,22). The van der Waals surface area contributed by atoms with Crippen LogP contribution in [-0.2, 0) is 11.3 Å². The number of nitriles is 1. The molecule has 108 valence electrons. The van der Waals surface area contributed by atoms with E-state index < -0.39 is 0 Å². The number of hydrogen-bond donors (Lipinski definition) is 1. The van der Waals surface area contributed by atoms with Gasteiger partial charge in [0.1, 0.15) is 0 Å². The Hall–Kier alpha value is -3.13. The number of nitrogens with zero attached hydrogens (tertiary/aromatic N) is 3. The van der Waals surface area contributed by atoms with Gasteiger partial charge in [-0.1, -0.05) is 12.1 Å². The molecular weight excluding hydrogens is 276 g/mol. The fraction of sp³-hybridized carbons (Fsp3) is 0.118. The first-order chi connectivity index (χ1) is 10.8. The van der Waals surface area contributed by atoms with E-state index in [1.54, 1.807) is 30.6 Å². The fourth-order valence-corrected chi connectivity index (χ4v) is 2.26. The number of para-hydroxylation sites is 2. The van der Waals surface area contributed by atoms with Crippen LogP contribution in [0.3, 0.4) is 0 Å². The highest BCUT2D eigenvalue weighted by molar-refractivity contribution is 5.90. The van der Waals surface area contributed by atoms with Crippen molar-refractivity contribution in [3.63, 3.8) is 0 Å². The average molecular weight is 290 g/mol. The molecule has 0 atom stereocenters. The lowest BCUT2D eigenvalue weighted by molar-refractivity contribution is -0.116. The largest absolute Gasteiger partial charge is 0.330 e. The number of rotatable bonds is 4. The molecule has 1 N–H and O–H groups in total. The van der Waals surface area contributed by atoms with Crippen molar-refractivity contribution in [2.75, 3.05) is 5.32 Å². The molecule has 0 bridgehead atoms. The SMILES string of the molecule is N#Cc1ccc(NC(=O)CCn2cnc3ccccc32)cc1. The zero-order valence-electron chi connectivity index (χ0n) is 11.9. The van der Waals surface area contributed by atoms with Crippen LogP contribution in [0.2, 0.25) is 0 Å². The summed E-state index contributed by atoms with van der Waals surface area (Å²) in [5, 5.41) is 11.6. The summed E-state index contributed by atoms with van der Waals surface area (Å²) < 4.78 is 1.97. The molecule has 0 fully saturated rings. The van der Waals surface area contributed by atoms with E-state index in [0.29, 0.717) is 24.2 Å². The van der Waals surface area contributed by atoms with Crippen LogP contribution in [0, 0.1) is 11.3 Å². The molecular formula is C17H14N4O. The second-order valence-corrected chi connectivity index (χ2v) is 4.91. The van der Waals surface area contributed by atoms with Crippen molar-refractivity contribution in [3.05, 3.63) is 60.4 Å². The summed E-state index contributed by atoms with van der Waals surface area (Å²) >= 11 is 0. The quantitative estimate of drug-likeness (QED) is 0.803. The highest BCUT2D eigenvalue weighted by Crippen LogP contribution is 2.13. The molecule has 2 aromatic carbocycles. The van der Waals surface area contributed by atoms with Gasteiger partial charge in [-0.15, -0.1) is 0 Å². The highest BCUT2D eigenvalue weighted by atomic mass is 16.1. The monoisotopic (exact) mass is 290 g/mol. The summed E-state index contributed by atoms with van der Waals surface area (Å²) in [5.74, 6) is -0.0671.